The van der Waals surface area contributed by atoms with Crippen LogP contribution in [0, 0.1) is 5.92 Å². The van der Waals surface area contributed by atoms with Crippen LogP contribution in [-0.4, -0.2) is 37.6 Å². The van der Waals surface area contributed by atoms with Crippen molar-refractivity contribution in [2.24, 2.45) is 5.92 Å². The van der Waals surface area contributed by atoms with Gasteiger partial charge in [0.15, 0.2) is 0 Å². The summed E-state index contributed by atoms with van der Waals surface area (Å²) in [7, 11) is 1.67. The van der Waals surface area contributed by atoms with Crippen LogP contribution in [0.4, 0.5) is 5.69 Å². The number of benzene rings is 1. The molecule has 1 saturated heterocycles. The monoisotopic (exact) mass is 263 g/mol. The number of hydrogen-bond donors (Lipinski definition) is 2. The van der Waals surface area contributed by atoms with Crippen LogP contribution in [0.5, 0.6) is 5.75 Å². The Morgan fingerprint density at radius 1 is 1.42 bits per heavy atom. The molecule has 0 saturated carbocycles. The number of nitrogens with one attached hydrogen (secondary N) is 1. The first-order chi connectivity index (χ1) is 9.28. The molecule has 3 unspecified atom stereocenters. The summed E-state index contributed by atoms with van der Waals surface area (Å²) in [6, 6.07) is 6.06. The van der Waals surface area contributed by atoms with E-state index < -0.39 is 0 Å². The molecule has 0 aliphatic carbocycles. The van der Waals surface area contributed by atoms with Crippen LogP contribution in [0.1, 0.15) is 18.4 Å². The van der Waals surface area contributed by atoms with E-state index in [1.807, 2.05) is 18.2 Å². The molecule has 1 fully saturated rings. The first-order valence-electron chi connectivity index (χ1n) is 6.97. The lowest BCUT2D eigenvalue weighted by atomic mass is 9.84. The van der Waals surface area contributed by atoms with Crippen LogP contribution < -0.4 is 10.1 Å². The molecule has 0 bridgehead atoms. The van der Waals surface area contributed by atoms with Crippen molar-refractivity contribution >= 4 is 5.69 Å². The van der Waals surface area contributed by atoms with Gasteiger partial charge in [0, 0.05) is 30.7 Å². The van der Waals surface area contributed by atoms with Crippen LogP contribution in [0.3, 0.4) is 0 Å². The van der Waals surface area contributed by atoms with E-state index >= 15 is 0 Å². The molecule has 19 heavy (non-hydrogen) atoms. The van der Waals surface area contributed by atoms with E-state index in [-0.39, 0.29) is 12.1 Å². The molecule has 0 amide bonds. The van der Waals surface area contributed by atoms with E-state index in [2.05, 4.69) is 5.32 Å². The number of hydrogen-bond acceptors (Lipinski definition) is 4. The van der Waals surface area contributed by atoms with Gasteiger partial charge in [-0.3, -0.25) is 0 Å². The number of ether oxygens (including phenoxy) is 2. The van der Waals surface area contributed by atoms with Gasteiger partial charge in [0.05, 0.1) is 25.9 Å². The predicted octanol–water partition coefficient (Wildman–Crippen LogP) is 1.82. The third-order valence-electron chi connectivity index (χ3n) is 4.19. The molecular weight excluding hydrogens is 242 g/mol. The smallest absolute Gasteiger partial charge is 0.120 e. The van der Waals surface area contributed by atoms with Gasteiger partial charge in [0.2, 0.25) is 0 Å². The Morgan fingerprint density at radius 2 is 2.32 bits per heavy atom. The molecule has 0 spiro atoms. The Bertz CT molecular complexity index is 443. The molecule has 2 aliphatic rings. The Kier molecular flexibility index (Phi) is 3.62. The van der Waals surface area contributed by atoms with Crippen LogP contribution >= 0.6 is 0 Å². The van der Waals surface area contributed by atoms with Gasteiger partial charge in [-0.25, -0.2) is 0 Å². The molecule has 2 N–H and O–H groups in total. The zero-order valence-electron chi connectivity index (χ0n) is 11.3. The molecule has 0 radical (unpaired) electrons. The highest BCUT2D eigenvalue weighted by Crippen LogP contribution is 2.33. The minimum Gasteiger partial charge on any atom is -0.497 e. The fraction of sp³-hybridized carbons (Fsp3) is 0.600. The first kappa shape index (κ1) is 12.8. The second kappa shape index (κ2) is 5.39. The van der Waals surface area contributed by atoms with E-state index in [9.17, 15) is 5.11 Å². The highest BCUT2D eigenvalue weighted by Gasteiger charge is 2.33. The topological polar surface area (TPSA) is 50.7 Å². The normalized spacial score (nSPS) is 30.3. The van der Waals surface area contributed by atoms with Gasteiger partial charge < -0.3 is 19.9 Å². The van der Waals surface area contributed by atoms with Crippen molar-refractivity contribution in [3.8, 4) is 5.75 Å². The van der Waals surface area contributed by atoms with Gasteiger partial charge in [0.1, 0.15) is 5.75 Å². The van der Waals surface area contributed by atoms with E-state index in [1.54, 1.807) is 7.11 Å². The molecule has 104 valence electrons. The van der Waals surface area contributed by atoms with Crippen molar-refractivity contribution in [1.82, 2.24) is 0 Å². The van der Waals surface area contributed by atoms with Gasteiger partial charge in [-0.1, -0.05) is 6.07 Å². The molecule has 4 nitrogen and oxygen atoms in total. The van der Waals surface area contributed by atoms with Gasteiger partial charge in [-0.05, 0) is 24.5 Å². The largest absolute Gasteiger partial charge is 0.497 e. The van der Waals surface area contributed by atoms with E-state index in [0.717, 1.165) is 43.1 Å². The highest BCUT2D eigenvalue weighted by atomic mass is 16.5. The standard InChI is InChI=1S/C15H21NO3/c1-18-12-5-4-10-7-14(17)15(16-13(10)8-12)11-3-2-6-19-9-11/h4-5,8,11,14-17H,2-3,6-7,9H2,1H3. The van der Waals surface area contributed by atoms with Crippen LogP contribution in [0.2, 0.25) is 0 Å². The minimum atomic E-state index is -0.340. The maximum atomic E-state index is 10.3. The maximum absolute atomic E-state index is 10.3. The molecule has 1 aromatic rings. The molecule has 4 heteroatoms. The van der Waals surface area contributed by atoms with Gasteiger partial charge in [-0.15, -0.1) is 0 Å². The summed E-state index contributed by atoms with van der Waals surface area (Å²) < 4.78 is 10.8. The number of methoxy groups -OCH3 is 1. The highest BCUT2D eigenvalue weighted by molar-refractivity contribution is 5.58. The second-order valence-corrected chi connectivity index (χ2v) is 5.44. The zero-order valence-corrected chi connectivity index (χ0v) is 11.3. The molecule has 2 heterocycles. The molecule has 3 rings (SSSR count). The van der Waals surface area contributed by atoms with Crippen molar-refractivity contribution in [1.29, 1.82) is 0 Å². The zero-order chi connectivity index (χ0) is 13.2. The Morgan fingerprint density at radius 3 is 3.05 bits per heavy atom. The fourth-order valence-electron chi connectivity index (χ4n) is 3.10. The Balaban J connectivity index is 1.80. The lowest BCUT2D eigenvalue weighted by Gasteiger charge is -2.38. The minimum absolute atomic E-state index is 0.0832. The fourth-order valence-corrected chi connectivity index (χ4v) is 3.10. The summed E-state index contributed by atoms with van der Waals surface area (Å²) in [5.74, 6) is 1.24. The van der Waals surface area contributed by atoms with Gasteiger partial charge >= 0.3 is 0 Å². The number of anilines is 1. The van der Waals surface area contributed by atoms with Crippen LogP contribution in [-0.2, 0) is 11.2 Å². The van der Waals surface area contributed by atoms with E-state index in [0.29, 0.717) is 12.3 Å². The van der Waals surface area contributed by atoms with Gasteiger partial charge in [-0.2, -0.15) is 0 Å². The second-order valence-electron chi connectivity index (χ2n) is 5.44. The number of aliphatic hydroxyl groups is 1. The summed E-state index contributed by atoms with van der Waals surface area (Å²) in [4.78, 5) is 0. The average molecular weight is 263 g/mol. The molecule has 0 aromatic heterocycles. The lowest BCUT2D eigenvalue weighted by Crippen LogP contribution is -2.47. The van der Waals surface area contributed by atoms with Crippen molar-refractivity contribution in [2.75, 3.05) is 25.6 Å². The van der Waals surface area contributed by atoms with Crippen LogP contribution in [0.25, 0.3) is 0 Å². The predicted molar refractivity (Wildman–Crippen MR) is 73.7 cm³/mol. The molecular formula is C15H21NO3. The molecule has 3 atom stereocenters. The number of rotatable bonds is 2. The number of fused-ring (bicyclic) bond motifs is 1. The summed E-state index contributed by atoms with van der Waals surface area (Å²) >= 11 is 0. The molecule has 1 aromatic carbocycles. The van der Waals surface area contributed by atoms with E-state index in [4.69, 9.17) is 9.47 Å². The Hall–Kier alpha value is -1.26. The van der Waals surface area contributed by atoms with Crippen molar-refractivity contribution in [2.45, 2.75) is 31.4 Å². The van der Waals surface area contributed by atoms with Crippen molar-refractivity contribution < 1.29 is 14.6 Å². The summed E-state index contributed by atoms with van der Waals surface area (Å²) in [6.45, 7) is 1.59. The van der Waals surface area contributed by atoms with E-state index in [1.165, 1.54) is 0 Å². The van der Waals surface area contributed by atoms with Crippen molar-refractivity contribution in [3.63, 3.8) is 0 Å². The average Bonchev–Trinajstić information content (AvgIpc) is 2.47. The maximum Gasteiger partial charge on any atom is 0.120 e. The molecule has 2 aliphatic heterocycles. The third-order valence-corrected chi connectivity index (χ3v) is 4.19. The first-order valence-corrected chi connectivity index (χ1v) is 6.97. The van der Waals surface area contributed by atoms with Crippen molar-refractivity contribution in [3.05, 3.63) is 23.8 Å². The summed E-state index contributed by atoms with van der Waals surface area (Å²) in [5.41, 5.74) is 2.24. The van der Waals surface area contributed by atoms with Crippen LogP contribution in [0.15, 0.2) is 18.2 Å². The third kappa shape index (κ3) is 2.55. The lowest BCUT2D eigenvalue weighted by molar-refractivity contribution is 0.0198. The summed E-state index contributed by atoms with van der Waals surface area (Å²) in [6.07, 6.45) is 2.56. The number of aliphatic hydroxyl groups excluding tert-OH is 1. The SMILES string of the molecule is COc1ccc2c(c1)NC(C1CCCOC1)C(O)C2. The quantitative estimate of drug-likeness (QED) is 0.854. The Labute approximate surface area is 113 Å². The van der Waals surface area contributed by atoms with Gasteiger partial charge in [0.25, 0.3) is 0 Å². The summed E-state index contributed by atoms with van der Waals surface area (Å²) in [5, 5.41) is 13.8.